The molecule has 0 radical (unpaired) electrons. The predicted molar refractivity (Wildman–Crippen MR) is 82.8 cm³/mol. The Balaban J connectivity index is 1.73. The minimum absolute atomic E-state index is 0.310. The van der Waals surface area contributed by atoms with Crippen molar-refractivity contribution >= 4 is 29.1 Å². The molecule has 0 aliphatic carbocycles. The molecule has 1 aromatic carbocycles. The summed E-state index contributed by atoms with van der Waals surface area (Å²) in [6.45, 7) is 0. The second-order valence-electron chi connectivity index (χ2n) is 4.21. The number of carbonyl (C=O) groups is 1. The monoisotopic (exact) mass is 317 g/mol. The van der Waals surface area contributed by atoms with Crippen LogP contribution in [0, 0.1) is 0 Å². The van der Waals surface area contributed by atoms with Gasteiger partial charge in [0.2, 0.25) is 5.89 Å². The fourth-order valence-corrected chi connectivity index (χ4v) is 3.38. The summed E-state index contributed by atoms with van der Waals surface area (Å²) in [6.07, 6.45) is 1.62. The average Bonchev–Trinajstić information content (AvgIpc) is 3.16. The van der Waals surface area contributed by atoms with Crippen LogP contribution in [0.25, 0.3) is 10.8 Å². The Bertz CT molecular complexity index is 750. The van der Waals surface area contributed by atoms with Crippen LogP contribution in [0.15, 0.2) is 57.4 Å². The van der Waals surface area contributed by atoms with Gasteiger partial charge in [-0.1, -0.05) is 18.2 Å². The van der Waals surface area contributed by atoms with E-state index in [0.29, 0.717) is 17.2 Å². The number of aromatic carboxylic acids is 1. The zero-order valence-corrected chi connectivity index (χ0v) is 12.5. The van der Waals surface area contributed by atoms with Gasteiger partial charge < -0.3 is 9.52 Å². The summed E-state index contributed by atoms with van der Waals surface area (Å²) in [5.74, 6) is 0.253. The molecule has 0 aliphatic rings. The van der Waals surface area contributed by atoms with Crippen LogP contribution >= 0.6 is 23.1 Å². The summed E-state index contributed by atoms with van der Waals surface area (Å²) >= 11 is 3.01. The molecule has 1 N–H and O–H groups in total. The van der Waals surface area contributed by atoms with Crippen LogP contribution in [0.3, 0.4) is 0 Å². The summed E-state index contributed by atoms with van der Waals surface area (Å²) in [5.41, 5.74) is 1.10. The first-order chi connectivity index (χ1) is 10.2. The number of rotatable bonds is 5. The summed E-state index contributed by atoms with van der Waals surface area (Å²) in [7, 11) is 0. The zero-order valence-electron chi connectivity index (χ0n) is 10.9. The van der Waals surface area contributed by atoms with Crippen LogP contribution in [0.2, 0.25) is 0 Å². The van der Waals surface area contributed by atoms with Gasteiger partial charge in [0.1, 0.15) is 6.26 Å². The summed E-state index contributed by atoms with van der Waals surface area (Å²) < 4.78 is 5.44. The van der Waals surface area contributed by atoms with Gasteiger partial charge in [-0.25, -0.2) is 9.78 Å². The number of nitrogens with zero attached hydrogens (tertiary/aromatic N) is 1. The molecular weight excluding hydrogens is 306 g/mol. The Morgan fingerprint density at radius 1 is 1.29 bits per heavy atom. The van der Waals surface area contributed by atoms with Crippen LogP contribution in [-0.2, 0) is 5.75 Å². The van der Waals surface area contributed by atoms with Crippen LogP contribution < -0.4 is 0 Å². The van der Waals surface area contributed by atoms with Gasteiger partial charge in [-0.2, -0.15) is 0 Å². The third kappa shape index (κ3) is 3.17. The molecule has 0 saturated carbocycles. The minimum atomic E-state index is -0.919. The number of hydrogen-bond acceptors (Lipinski definition) is 5. The number of aromatic nitrogens is 1. The number of carboxylic acids is 1. The topological polar surface area (TPSA) is 63.3 Å². The highest BCUT2D eigenvalue weighted by molar-refractivity contribution is 7.98. The highest BCUT2D eigenvalue weighted by Crippen LogP contribution is 2.28. The molecule has 3 rings (SSSR count). The van der Waals surface area contributed by atoms with Crippen molar-refractivity contribution in [3.05, 3.63) is 59.3 Å². The molecule has 0 bridgehead atoms. The Kier molecular flexibility index (Phi) is 4.08. The van der Waals surface area contributed by atoms with E-state index in [4.69, 9.17) is 9.52 Å². The Morgan fingerprint density at radius 3 is 2.90 bits per heavy atom. The Morgan fingerprint density at radius 2 is 2.14 bits per heavy atom. The van der Waals surface area contributed by atoms with Gasteiger partial charge in [0.25, 0.3) is 0 Å². The molecule has 0 unspecified atom stereocenters. The molecule has 4 nitrogen and oxygen atoms in total. The average molecular weight is 317 g/mol. The maximum atomic E-state index is 11.1. The second kappa shape index (κ2) is 6.15. The highest BCUT2D eigenvalue weighted by Gasteiger charge is 2.12. The van der Waals surface area contributed by atoms with Crippen molar-refractivity contribution in [3.63, 3.8) is 0 Å². The van der Waals surface area contributed by atoms with Crippen molar-refractivity contribution < 1.29 is 14.3 Å². The lowest BCUT2D eigenvalue weighted by atomic mass is 10.2. The third-order valence-electron chi connectivity index (χ3n) is 2.78. The molecule has 0 amide bonds. The normalized spacial score (nSPS) is 10.7. The quantitative estimate of drug-likeness (QED) is 0.707. The van der Waals surface area contributed by atoms with Gasteiger partial charge in [-0.3, -0.25) is 0 Å². The maximum Gasteiger partial charge on any atom is 0.336 e. The van der Waals surface area contributed by atoms with Crippen molar-refractivity contribution in [1.29, 1.82) is 0 Å². The van der Waals surface area contributed by atoms with Gasteiger partial charge in [0.05, 0.1) is 16.1 Å². The predicted octanol–water partition coefficient (Wildman–Crippen LogP) is 4.39. The number of thiophene rings is 1. The molecule has 21 heavy (non-hydrogen) atoms. The lowest BCUT2D eigenvalue weighted by Crippen LogP contribution is -1.98. The molecule has 0 fully saturated rings. The highest BCUT2D eigenvalue weighted by atomic mass is 32.2. The third-order valence-corrected chi connectivity index (χ3v) is 4.74. The maximum absolute atomic E-state index is 11.1. The van der Waals surface area contributed by atoms with Crippen LogP contribution in [-0.4, -0.2) is 16.1 Å². The van der Waals surface area contributed by atoms with Crippen LogP contribution in [0.5, 0.6) is 0 Å². The number of carboxylic acid groups (broad SMARTS) is 1. The molecule has 0 spiro atoms. The lowest BCUT2D eigenvalue weighted by Gasteiger charge is -2.03. The van der Waals surface area contributed by atoms with Gasteiger partial charge >= 0.3 is 5.97 Å². The van der Waals surface area contributed by atoms with E-state index in [1.165, 1.54) is 11.8 Å². The van der Waals surface area contributed by atoms with E-state index in [1.807, 2.05) is 23.6 Å². The van der Waals surface area contributed by atoms with Crippen LogP contribution in [0.4, 0.5) is 0 Å². The number of thioether (sulfide) groups is 1. The van der Waals surface area contributed by atoms with E-state index in [-0.39, 0.29) is 0 Å². The second-order valence-corrected chi connectivity index (χ2v) is 6.18. The summed E-state index contributed by atoms with van der Waals surface area (Å²) in [6, 6.07) is 10.8. The molecule has 6 heteroatoms. The van der Waals surface area contributed by atoms with Gasteiger partial charge in [0.15, 0.2) is 0 Å². The molecule has 106 valence electrons. The van der Waals surface area contributed by atoms with E-state index < -0.39 is 5.97 Å². The summed E-state index contributed by atoms with van der Waals surface area (Å²) in [4.78, 5) is 17.3. The zero-order chi connectivity index (χ0) is 14.7. The molecule has 0 aliphatic heterocycles. The number of hydrogen-bond donors (Lipinski definition) is 1. The first-order valence-electron chi connectivity index (χ1n) is 6.17. The number of oxazole rings is 1. The largest absolute Gasteiger partial charge is 0.478 e. The molecule has 2 heterocycles. The lowest BCUT2D eigenvalue weighted by molar-refractivity contribution is 0.0693. The van der Waals surface area contributed by atoms with E-state index in [0.717, 1.165) is 15.5 Å². The minimum Gasteiger partial charge on any atom is -0.478 e. The van der Waals surface area contributed by atoms with Gasteiger partial charge in [0, 0.05) is 10.6 Å². The number of benzene rings is 1. The van der Waals surface area contributed by atoms with E-state index >= 15 is 0 Å². The first-order valence-corrected chi connectivity index (χ1v) is 8.04. The van der Waals surface area contributed by atoms with Gasteiger partial charge in [-0.05, 0) is 23.6 Å². The van der Waals surface area contributed by atoms with E-state index in [9.17, 15) is 4.79 Å². The van der Waals surface area contributed by atoms with Crippen molar-refractivity contribution in [2.75, 3.05) is 0 Å². The van der Waals surface area contributed by atoms with Crippen molar-refractivity contribution in [2.24, 2.45) is 0 Å². The van der Waals surface area contributed by atoms with Crippen molar-refractivity contribution in [1.82, 2.24) is 4.98 Å². The molecule has 0 saturated heterocycles. The summed E-state index contributed by atoms with van der Waals surface area (Å²) in [5, 5.41) is 11.1. The molecule has 2 aromatic heterocycles. The van der Waals surface area contributed by atoms with Gasteiger partial charge in [-0.15, -0.1) is 23.1 Å². The molecule has 0 atom stereocenters. The Labute approximate surface area is 129 Å². The van der Waals surface area contributed by atoms with E-state index in [2.05, 4.69) is 4.98 Å². The molecule has 3 aromatic rings. The smallest absolute Gasteiger partial charge is 0.336 e. The fourth-order valence-electron chi connectivity index (χ4n) is 1.81. The standard InChI is InChI=1S/C15H11NO3S2/c17-15(18)11-4-1-2-5-12(11)21-9-10-8-19-14(16-10)13-6-3-7-20-13/h1-8H,9H2,(H,17,18). The molecular formula is C15H11NO3S2. The Hall–Kier alpha value is -2.05. The van der Waals surface area contributed by atoms with Crippen molar-refractivity contribution in [3.8, 4) is 10.8 Å². The fraction of sp³-hybridized carbons (Fsp3) is 0.0667. The van der Waals surface area contributed by atoms with E-state index in [1.54, 1.807) is 35.8 Å². The first kappa shape index (κ1) is 13.9. The SMILES string of the molecule is O=C(O)c1ccccc1SCc1coc(-c2cccs2)n1. The van der Waals surface area contributed by atoms with Crippen molar-refractivity contribution in [2.45, 2.75) is 10.6 Å². The van der Waals surface area contributed by atoms with Crippen LogP contribution in [0.1, 0.15) is 16.1 Å².